The molecular weight excluding hydrogens is 443 g/mol. The van der Waals surface area contributed by atoms with E-state index in [9.17, 15) is 18.3 Å². The van der Waals surface area contributed by atoms with Gasteiger partial charge >= 0.3 is 0 Å². The van der Waals surface area contributed by atoms with Crippen molar-refractivity contribution in [3.05, 3.63) is 71.0 Å². The molecule has 33 heavy (non-hydrogen) atoms. The van der Waals surface area contributed by atoms with E-state index in [2.05, 4.69) is 0 Å². The van der Waals surface area contributed by atoms with Crippen LogP contribution in [0.3, 0.4) is 0 Å². The van der Waals surface area contributed by atoms with Crippen LogP contribution in [0.2, 0.25) is 0 Å². The molecule has 1 N–H and O–H groups in total. The molecule has 4 rings (SSSR count). The quantitative estimate of drug-likeness (QED) is 0.733. The van der Waals surface area contributed by atoms with Crippen molar-refractivity contribution in [3.63, 3.8) is 0 Å². The van der Waals surface area contributed by atoms with Gasteiger partial charge in [0.1, 0.15) is 11.1 Å². The highest BCUT2D eigenvalue weighted by molar-refractivity contribution is 7.89. The van der Waals surface area contributed by atoms with Gasteiger partial charge in [0, 0.05) is 38.2 Å². The number of hydrogen-bond acceptors (Lipinski definition) is 4. The van der Waals surface area contributed by atoms with Crippen molar-refractivity contribution in [2.75, 3.05) is 13.1 Å². The number of likely N-dealkylation sites (tertiary alicyclic amines) is 1. The molecule has 2 fully saturated rings. The molecule has 2 heterocycles. The van der Waals surface area contributed by atoms with Gasteiger partial charge in [-0.1, -0.05) is 42.5 Å². The molecule has 1 amide bonds. The van der Waals surface area contributed by atoms with Gasteiger partial charge in [-0.25, -0.2) is 12.8 Å². The minimum atomic E-state index is -3.66. The number of piperidine rings is 1. The highest BCUT2D eigenvalue weighted by atomic mass is 32.2. The minimum absolute atomic E-state index is 0.0377. The van der Waals surface area contributed by atoms with Crippen LogP contribution in [0.1, 0.15) is 61.5 Å². The molecule has 0 aromatic heterocycles. The lowest BCUT2D eigenvalue weighted by atomic mass is 9.84. The summed E-state index contributed by atoms with van der Waals surface area (Å²) in [6, 6.07) is 13.5. The Morgan fingerprint density at radius 2 is 1.79 bits per heavy atom. The number of rotatable bonds is 4. The zero-order valence-corrected chi connectivity index (χ0v) is 19.9. The average molecular weight is 475 g/mol. The summed E-state index contributed by atoms with van der Waals surface area (Å²) < 4.78 is 43.4. The first kappa shape index (κ1) is 23.9. The minimum Gasteiger partial charge on any atom is -0.385 e. The van der Waals surface area contributed by atoms with E-state index in [4.69, 9.17) is 0 Å². The third-order valence-electron chi connectivity index (χ3n) is 7.15. The monoisotopic (exact) mass is 474 g/mol. The number of hydrogen-bond donors (Lipinski definition) is 1. The summed E-state index contributed by atoms with van der Waals surface area (Å²) in [6.45, 7) is 4.14. The van der Waals surface area contributed by atoms with Crippen LogP contribution in [0, 0.1) is 5.82 Å². The molecule has 6 nitrogen and oxygen atoms in total. The van der Waals surface area contributed by atoms with Crippen molar-refractivity contribution >= 4 is 15.9 Å². The molecule has 2 aromatic rings. The van der Waals surface area contributed by atoms with Crippen LogP contribution in [-0.4, -0.2) is 47.8 Å². The molecule has 0 unspecified atom stereocenters. The Labute approximate surface area is 195 Å². The Kier molecular flexibility index (Phi) is 6.62. The van der Waals surface area contributed by atoms with Crippen LogP contribution in [0.5, 0.6) is 0 Å². The molecule has 2 saturated heterocycles. The fraction of sp³-hybridized carbons (Fsp3) is 0.480. The van der Waals surface area contributed by atoms with Gasteiger partial charge in [-0.2, -0.15) is 4.31 Å². The molecule has 0 saturated carbocycles. The van der Waals surface area contributed by atoms with Gasteiger partial charge in [-0.15, -0.1) is 0 Å². The number of nitrogens with zero attached hydrogens (tertiary/aromatic N) is 2. The lowest BCUT2D eigenvalue weighted by Crippen LogP contribution is -2.45. The summed E-state index contributed by atoms with van der Waals surface area (Å²) in [5.74, 6) is -0.566. The van der Waals surface area contributed by atoms with E-state index in [-0.39, 0.29) is 24.1 Å². The fourth-order valence-electron chi connectivity index (χ4n) is 4.96. The first-order valence-corrected chi connectivity index (χ1v) is 12.9. The van der Waals surface area contributed by atoms with E-state index in [1.807, 2.05) is 37.3 Å². The normalized spacial score (nSPS) is 25.0. The maximum Gasteiger partial charge on any atom is 0.221 e. The summed E-state index contributed by atoms with van der Waals surface area (Å²) in [7, 11) is -3.66. The second-order valence-electron chi connectivity index (χ2n) is 9.26. The summed E-state index contributed by atoms with van der Waals surface area (Å²) in [6.07, 6.45) is 1.91. The van der Waals surface area contributed by atoms with Crippen molar-refractivity contribution in [1.29, 1.82) is 0 Å². The van der Waals surface area contributed by atoms with Crippen LogP contribution in [0.4, 0.5) is 4.39 Å². The van der Waals surface area contributed by atoms with Crippen LogP contribution in [0.25, 0.3) is 0 Å². The lowest BCUT2D eigenvalue weighted by Gasteiger charge is -2.39. The van der Waals surface area contributed by atoms with Gasteiger partial charge in [0.2, 0.25) is 15.9 Å². The molecule has 8 heteroatoms. The molecule has 2 aliphatic rings. The van der Waals surface area contributed by atoms with Gasteiger partial charge in [-0.05, 0) is 49.8 Å². The van der Waals surface area contributed by atoms with Crippen LogP contribution in [-0.2, 0) is 27.0 Å². The highest BCUT2D eigenvalue weighted by Crippen LogP contribution is 2.39. The van der Waals surface area contributed by atoms with E-state index >= 15 is 4.39 Å². The number of amides is 1. The van der Waals surface area contributed by atoms with Crippen molar-refractivity contribution in [1.82, 2.24) is 9.21 Å². The Morgan fingerprint density at radius 1 is 1.12 bits per heavy atom. The van der Waals surface area contributed by atoms with E-state index in [0.29, 0.717) is 44.3 Å². The number of carbonyl (C=O) groups is 1. The van der Waals surface area contributed by atoms with E-state index in [1.54, 1.807) is 17.0 Å². The Hall–Kier alpha value is -2.29. The topological polar surface area (TPSA) is 77.9 Å². The van der Waals surface area contributed by atoms with E-state index in [1.165, 1.54) is 17.3 Å². The number of sulfonamides is 1. The lowest BCUT2D eigenvalue weighted by molar-refractivity contribution is -0.133. The Morgan fingerprint density at radius 3 is 2.39 bits per heavy atom. The van der Waals surface area contributed by atoms with Gasteiger partial charge < -0.3 is 10.0 Å². The standard InChI is InChI=1S/C25H31FN2O4S/c1-18-8-11-24(20-6-4-3-5-7-20)33(31,32)28(18)17-21-9-10-22(16-23(21)26)25(30)12-14-27(15-13-25)19(2)29/h3-7,9-10,16,18,24,30H,8,11-15,17H2,1-2H3/t18-,24+/m0/s1. The van der Waals surface area contributed by atoms with E-state index < -0.39 is 26.7 Å². The maximum atomic E-state index is 15.1. The molecule has 2 aliphatic heterocycles. The predicted octanol–water partition coefficient (Wildman–Crippen LogP) is 3.71. The first-order chi connectivity index (χ1) is 15.6. The number of halogens is 1. The summed E-state index contributed by atoms with van der Waals surface area (Å²) in [5.41, 5.74) is 0.300. The zero-order valence-electron chi connectivity index (χ0n) is 19.1. The fourth-order valence-corrected chi connectivity index (χ4v) is 7.15. The maximum absolute atomic E-state index is 15.1. The third kappa shape index (κ3) is 4.69. The number of carbonyl (C=O) groups excluding carboxylic acids is 1. The smallest absolute Gasteiger partial charge is 0.221 e. The molecule has 2 atom stereocenters. The molecule has 178 valence electrons. The molecule has 0 bridgehead atoms. The molecular formula is C25H31FN2O4S. The van der Waals surface area contributed by atoms with Gasteiger partial charge in [0.25, 0.3) is 0 Å². The SMILES string of the molecule is CC(=O)N1CCC(O)(c2ccc(CN3[C@@H](C)CC[C@H](c4ccccc4)S3(=O)=O)c(F)c2)CC1. The van der Waals surface area contributed by atoms with Gasteiger partial charge in [0.05, 0.1) is 5.60 Å². The van der Waals surface area contributed by atoms with Crippen LogP contribution >= 0.6 is 0 Å². The first-order valence-electron chi connectivity index (χ1n) is 11.4. The molecule has 0 spiro atoms. The zero-order chi connectivity index (χ0) is 23.8. The Bertz CT molecular complexity index is 1110. The second kappa shape index (κ2) is 9.16. The third-order valence-corrected chi connectivity index (χ3v) is 9.52. The Balaban J connectivity index is 1.55. The van der Waals surface area contributed by atoms with Crippen LogP contribution < -0.4 is 0 Å². The van der Waals surface area contributed by atoms with Crippen molar-refractivity contribution in [3.8, 4) is 0 Å². The van der Waals surface area contributed by atoms with Gasteiger partial charge in [-0.3, -0.25) is 4.79 Å². The molecule has 2 aromatic carbocycles. The largest absolute Gasteiger partial charge is 0.385 e. The van der Waals surface area contributed by atoms with Crippen molar-refractivity contribution in [2.45, 2.75) is 63.0 Å². The highest BCUT2D eigenvalue weighted by Gasteiger charge is 2.41. The molecule has 0 radical (unpaired) electrons. The summed E-state index contributed by atoms with van der Waals surface area (Å²) in [4.78, 5) is 13.2. The summed E-state index contributed by atoms with van der Waals surface area (Å²) >= 11 is 0. The van der Waals surface area contributed by atoms with Crippen molar-refractivity contribution in [2.24, 2.45) is 0 Å². The summed E-state index contributed by atoms with van der Waals surface area (Å²) in [5, 5.41) is 10.4. The van der Waals surface area contributed by atoms with Gasteiger partial charge in [0.15, 0.2) is 0 Å². The van der Waals surface area contributed by atoms with Crippen LogP contribution in [0.15, 0.2) is 48.5 Å². The van der Waals surface area contributed by atoms with E-state index in [0.717, 1.165) is 5.56 Å². The van der Waals surface area contributed by atoms with Crippen molar-refractivity contribution < 1.29 is 22.7 Å². The second-order valence-corrected chi connectivity index (χ2v) is 11.3. The molecule has 0 aliphatic carbocycles. The number of aliphatic hydroxyl groups is 1. The number of benzene rings is 2. The average Bonchev–Trinajstić information content (AvgIpc) is 2.78. The predicted molar refractivity (Wildman–Crippen MR) is 124 cm³/mol.